The molecule has 2 aromatic rings. The Morgan fingerprint density at radius 2 is 1.52 bits per heavy atom. The molecule has 0 aromatic heterocycles. The summed E-state index contributed by atoms with van der Waals surface area (Å²) in [5.41, 5.74) is 0.945. The van der Waals surface area contributed by atoms with Gasteiger partial charge in [-0.1, -0.05) is 81.1 Å². The first kappa shape index (κ1) is 18.3. The fraction of sp³-hybridized carbons (Fsp3) is 0.125. The number of amides is 1. The van der Waals surface area contributed by atoms with Crippen LogP contribution in [0, 0.1) is 0 Å². The van der Waals surface area contributed by atoms with Crippen molar-refractivity contribution in [3.8, 4) is 0 Å². The summed E-state index contributed by atoms with van der Waals surface area (Å²) in [6.45, 7) is -0.224. The van der Waals surface area contributed by atoms with Crippen LogP contribution < -0.4 is 4.90 Å². The van der Waals surface area contributed by atoms with Crippen LogP contribution in [0.1, 0.15) is 10.4 Å². The molecule has 0 atom stereocenters. The Morgan fingerprint density at radius 3 is 2.04 bits per heavy atom. The van der Waals surface area contributed by atoms with Gasteiger partial charge in [0.05, 0.1) is 6.54 Å². The topological polar surface area (TPSA) is 37.4 Å². The molecule has 2 aromatic carbocycles. The van der Waals surface area contributed by atoms with Crippen molar-refractivity contribution < 1.29 is 9.59 Å². The minimum Gasteiger partial charge on any atom is -0.301 e. The van der Waals surface area contributed by atoms with Crippen molar-refractivity contribution in [3.63, 3.8) is 0 Å². The van der Waals surface area contributed by atoms with Gasteiger partial charge in [-0.2, -0.15) is 0 Å². The van der Waals surface area contributed by atoms with Crippen molar-refractivity contribution in [2.24, 2.45) is 0 Å². The third-order valence-corrected chi connectivity index (χ3v) is 4.04. The molecule has 23 heavy (non-hydrogen) atoms. The summed E-state index contributed by atoms with van der Waals surface area (Å²) < 4.78 is -1.32. The van der Waals surface area contributed by atoms with E-state index in [9.17, 15) is 9.59 Å². The number of ketones is 1. The van der Waals surface area contributed by atoms with E-state index < -0.39 is 9.70 Å². The molecular formula is C16H11BrCl3NO2. The van der Waals surface area contributed by atoms with Crippen LogP contribution >= 0.6 is 50.7 Å². The van der Waals surface area contributed by atoms with Gasteiger partial charge in [-0.15, -0.1) is 0 Å². The highest BCUT2D eigenvalue weighted by atomic mass is 79.9. The van der Waals surface area contributed by atoms with Crippen LogP contribution in [0.4, 0.5) is 5.69 Å². The fourth-order valence-corrected chi connectivity index (χ4v) is 2.48. The van der Waals surface area contributed by atoms with Crippen molar-refractivity contribution in [1.82, 2.24) is 0 Å². The number of carbonyl (C=O) groups excluding carboxylic acids is 2. The standard InChI is InChI=1S/C16H11BrCl3NO2/c17-12-6-8-13(9-7-12)21(15(23)16(18,19)20)10-14(22)11-4-2-1-3-5-11/h1-9H,10H2. The molecule has 2 rings (SSSR count). The van der Waals surface area contributed by atoms with E-state index in [1.807, 2.05) is 0 Å². The second kappa shape index (κ2) is 7.67. The average Bonchev–Trinajstić information content (AvgIpc) is 2.52. The van der Waals surface area contributed by atoms with Gasteiger partial charge >= 0.3 is 0 Å². The molecular weight excluding hydrogens is 424 g/mol. The predicted molar refractivity (Wildman–Crippen MR) is 97.6 cm³/mol. The molecule has 0 saturated heterocycles. The first-order chi connectivity index (χ1) is 10.8. The van der Waals surface area contributed by atoms with E-state index in [4.69, 9.17) is 34.8 Å². The zero-order valence-electron chi connectivity index (χ0n) is 11.7. The number of anilines is 1. The molecule has 120 valence electrons. The lowest BCUT2D eigenvalue weighted by molar-refractivity contribution is -0.117. The molecule has 0 N–H and O–H groups in total. The lowest BCUT2D eigenvalue weighted by Crippen LogP contribution is -2.42. The largest absolute Gasteiger partial charge is 0.301 e. The minimum atomic E-state index is -2.15. The van der Waals surface area contributed by atoms with Gasteiger partial charge in [-0.25, -0.2) is 0 Å². The molecule has 0 spiro atoms. The molecule has 0 saturated carbocycles. The minimum absolute atomic E-state index is 0.224. The van der Waals surface area contributed by atoms with E-state index in [1.54, 1.807) is 54.6 Å². The second-order valence-electron chi connectivity index (χ2n) is 4.65. The number of nitrogens with zero attached hydrogens (tertiary/aromatic N) is 1. The van der Waals surface area contributed by atoms with Gasteiger partial charge in [0, 0.05) is 15.7 Å². The molecule has 0 fully saturated rings. The molecule has 3 nitrogen and oxygen atoms in total. The van der Waals surface area contributed by atoms with E-state index in [-0.39, 0.29) is 12.3 Å². The fourth-order valence-electron chi connectivity index (χ4n) is 1.91. The zero-order chi connectivity index (χ0) is 17.0. The molecule has 7 heteroatoms. The van der Waals surface area contributed by atoms with E-state index in [2.05, 4.69) is 15.9 Å². The summed E-state index contributed by atoms with van der Waals surface area (Å²) in [4.78, 5) is 25.9. The normalized spacial score (nSPS) is 11.1. The van der Waals surface area contributed by atoms with Gasteiger partial charge in [-0.05, 0) is 24.3 Å². The third-order valence-electron chi connectivity index (χ3n) is 3.02. The molecule has 0 unspecified atom stereocenters. The van der Waals surface area contributed by atoms with Crippen LogP contribution in [0.2, 0.25) is 0 Å². The molecule has 0 aliphatic heterocycles. The van der Waals surface area contributed by atoms with Crippen LogP contribution in [0.5, 0.6) is 0 Å². The van der Waals surface area contributed by atoms with Gasteiger partial charge in [0.15, 0.2) is 5.78 Å². The maximum Gasteiger partial charge on any atom is 0.279 e. The van der Waals surface area contributed by atoms with Gasteiger partial charge < -0.3 is 4.90 Å². The number of benzene rings is 2. The quantitative estimate of drug-likeness (QED) is 0.499. The average molecular weight is 436 g/mol. The Bertz CT molecular complexity index is 700. The third kappa shape index (κ3) is 4.95. The molecule has 0 heterocycles. The zero-order valence-corrected chi connectivity index (χ0v) is 15.5. The Morgan fingerprint density at radius 1 is 0.957 bits per heavy atom. The van der Waals surface area contributed by atoms with Crippen LogP contribution in [-0.4, -0.2) is 22.0 Å². The van der Waals surface area contributed by atoms with Crippen molar-refractivity contribution in [2.45, 2.75) is 3.79 Å². The summed E-state index contributed by atoms with van der Waals surface area (Å²) in [5.74, 6) is -1.04. The SMILES string of the molecule is O=C(CN(C(=O)C(Cl)(Cl)Cl)c1ccc(Br)cc1)c1ccccc1. The number of hydrogen-bond donors (Lipinski definition) is 0. The molecule has 0 aliphatic rings. The summed E-state index contributed by atoms with van der Waals surface area (Å²) in [5, 5.41) is 0. The maximum atomic E-state index is 12.4. The van der Waals surface area contributed by atoms with E-state index >= 15 is 0 Å². The first-order valence-corrected chi connectivity index (χ1v) is 8.44. The van der Waals surface area contributed by atoms with Gasteiger partial charge in [0.2, 0.25) is 0 Å². The van der Waals surface area contributed by atoms with E-state index in [1.165, 1.54) is 0 Å². The molecule has 0 aliphatic carbocycles. The van der Waals surface area contributed by atoms with Crippen molar-refractivity contribution in [2.75, 3.05) is 11.4 Å². The molecule has 0 bridgehead atoms. The van der Waals surface area contributed by atoms with Crippen molar-refractivity contribution in [3.05, 3.63) is 64.6 Å². The number of Topliss-reactive ketones (excluding diaryl/α,β-unsaturated/α-hetero) is 1. The second-order valence-corrected chi connectivity index (χ2v) is 7.85. The van der Waals surface area contributed by atoms with Gasteiger partial charge in [0.25, 0.3) is 9.70 Å². The van der Waals surface area contributed by atoms with Crippen LogP contribution in [0.25, 0.3) is 0 Å². The smallest absolute Gasteiger partial charge is 0.279 e. The van der Waals surface area contributed by atoms with Crippen molar-refractivity contribution >= 4 is 68.1 Å². The predicted octanol–water partition coefficient (Wildman–Crippen LogP) is 5.04. The summed E-state index contributed by atoms with van der Waals surface area (Å²) in [6, 6.07) is 15.4. The van der Waals surface area contributed by atoms with E-state index in [0.29, 0.717) is 11.3 Å². The molecule has 1 amide bonds. The summed E-state index contributed by atoms with van der Waals surface area (Å²) in [7, 11) is 0. The number of rotatable bonds is 4. The first-order valence-electron chi connectivity index (χ1n) is 6.51. The van der Waals surface area contributed by atoms with Crippen molar-refractivity contribution in [1.29, 1.82) is 0 Å². The van der Waals surface area contributed by atoms with Crippen LogP contribution in [0.3, 0.4) is 0 Å². The number of hydrogen-bond acceptors (Lipinski definition) is 2. The summed E-state index contributed by atoms with van der Waals surface area (Å²) >= 11 is 20.4. The highest BCUT2D eigenvalue weighted by Crippen LogP contribution is 2.31. The maximum absolute atomic E-state index is 12.4. The lowest BCUT2D eigenvalue weighted by atomic mass is 10.1. The van der Waals surface area contributed by atoms with Crippen LogP contribution in [0.15, 0.2) is 59.1 Å². The summed E-state index contributed by atoms with van der Waals surface area (Å²) in [6.07, 6.45) is 0. The van der Waals surface area contributed by atoms with Gasteiger partial charge in [-0.3, -0.25) is 9.59 Å². The Hall–Kier alpha value is -1.07. The number of halogens is 4. The number of alkyl halides is 3. The Kier molecular flexibility index (Phi) is 6.09. The Balaban J connectivity index is 2.32. The number of carbonyl (C=O) groups is 2. The highest BCUT2D eigenvalue weighted by Gasteiger charge is 2.36. The van der Waals surface area contributed by atoms with Gasteiger partial charge in [0.1, 0.15) is 0 Å². The lowest BCUT2D eigenvalue weighted by Gasteiger charge is -2.25. The monoisotopic (exact) mass is 433 g/mol. The molecule has 0 radical (unpaired) electrons. The Labute approximate surface area is 157 Å². The van der Waals surface area contributed by atoms with E-state index in [0.717, 1.165) is 9.37 Å². The highest BCUT2D eigenvalue weighted by molar-refractivity contribution is 9.10. The van der Waals surface area contributed by atoms with Crippen LogP contribution in [-0.2, 0) is 4.79 Å².